The lowest BCUT2D eigenvalue weighted by atomic mass is 10.2. The summed E-state index contributed by atoms with van der Waals surface area (Å²) < 4.78 is 32.7. The second-order valence-electron chi connectivity index (χ2n) is 6.10. The zero-order chi connectivity index (χ0) is 17.3. The molecule has 1 fully saturated rings. The number of ether oxygens (including phenoxy) is 1. The molecule has 1 saturated heterocycles. The lowest BCUT2D eigenvalue weighted by molar-refractivity contribution is 0.280. The zero-order valence-corrected chi connectivity index (χ0v) is 14.4. The van der Waals surface area contributed by atoms with Crippen molar-refractivity contribution in [3.8, 4) is 5.75 Å². The number of nitrogens with one attached hydrogen (secondary N) is 1. The van der Waals surface area contributed by atoms with E-state index in [9.17, 15) is 8.42 Å². The number of hydrogen-bond donors (Lipinski definition) is 1. The molecule has 2 heterocycles. The van der Waals surface area contributed by atoms with E-state index in [-0.39, 0.29) is 4.90 Å². The van der Waals surface area contributed by atoms with Crippen LogP contribution in [0.5, 0.6) is 5.75 Å². The Morgan fingerprint density at radius 2 is 2.00 bits per heavy atom. The highest BCUT2D eigenvalue weighted by Gasteiger charge is 2.21. The smallest absolute Gasteiger partial charge is 0.283 e. The van der Waals surface area contributed by atoms with Crippen LogP contribution in [0.25, 0.3) is 10.9 Å². The van der Waals surface area contributed by atoms with Gasteiger partial charge in [0.1, 0.15) is 12.4 Å². The molecule has 0 unspecified atom stereocenters. The third kappa shape index (κ3) is 3.01. The van der Waals surface area contributed by atoms with Crippen molar-refractivity contribution in [2.24, 2.45) is 0 Å². The van der Waals surface area contributed by atoms with Crippen molar-refractivity contribution in [3.63, 3.8) is 0 Å². The van der Waals surface area contributed by atoms with Crippen LogP contribution < -0.4 is 10.1 Å². The molecule has 1 aliphatic heterocycles. The van der Waals surface area contributed by atoms with Crippen LogP contribution in [0.15, 0.2) is 59.6 Å². The molecule has 0 aliphatic carbocycles. The minimum atomic E-state index is -3.73. The zero-order valence-electron chi connectivity index (χ0n) is 13.6. The van der Waals surface area contributed by atoms with Gasteiger partial charge in [0.2, 0.25) is 0 Å². The summed E-state index contributed by atoms with van der Waals surface area (Å²) in [7, 11) is -3.73. The lowest BCUT2D eigenvalue weighted by Crippen LogP contribution is -2.28. The maximum atomic E-state index is 12.8. The fourth-order valence-corrected chi connectivity index (χ4v) is 4.39. The van der Waals surface area contributed by atoms with E-state index in [0.29, 0.717) is 29.3 Å². The van der Waals surface area contributed by atoms with Crippen molar-refractivity contribution in [2.45, 2.75) is 23.8 Å². The number of aromatic nitrogens is 2. The Kier molecular flexibility index (Phi) is 4.19. The first-order chi connectivity index (χ1) is 12.2. The molecule has 25 heavy (non-hydrogen) atoms. The van der Waals surface area contributed by atoms with Gasteiger partial charge in [0.25, 0.3) is 10.0 Å². The van der Waals surface area contributed by atoms with E-state index < -0.39 is 10.0 Å². The fraction of sp³-hybridized carbons (Fsp3) is 0.278. The highest BCUT2D eigenvalue weighted by atomic mass is 32.2. The molecule has 0 bridgehead atoms. The van der Waals surface area contributed by atoms with Crippen molar-refractivity contribution in [2.75, 3.05) is 13.2 Å². The molecule has 2 aromatic carbocycles. The first kappa shape index (κ1) is 16.1. The topological polar surface area (TPSA) is 73.2 Å². The van der Waals surface area contributed by atoms with Crippen LogP contribution in [0.2, 0.25) is 0 Å². The molecule has 0 spiro atoms. The van der Waals surface area contributed by atoms with Crippen molar-refractivity contribution < 1.29 is 13.2 Å². The Bertz CT molecular complexity index is 977. The molecule has 1 aliphatic rings. The Hall–Kier alpha value is -2.38. The number of benzene rings is 2. The predicted molar refractivity (Wildman–Crippen MR) is 95.3 cm³/mol. The van der Waals surface area contributed by atoms with Gasteiger partial charge in [-0.05, 0) is 43.7 Å². The van der Waals surface area contributed by atoms with E-state index >= 15 is 0 Å². The lowest BCUT2D eigenvalue weighted by Gasteiger charge is -2.13. The third-order valence-corrected chi connectivity index (χ3v) is 6.03. The maximum Gasteiger partial charge on any atom is 0.283 e. The summed E-state index contributed by atoms with van der Waals surface area (Å²) in [5.74, 6) is 0.653. The molecular weight excluding hydrogens is 338 g/mol. The van der Waals surface area contributed by atoms with Crippen molar-refractivity contribution in [1.82, 2.24) is 14.5 Å². The minimum Gasteiger partial charge on any atom is -0.491 e. The summed E-state index contributed by atoms with van der Waals surface area (Å²) in [5, 5.41) is 8.20. The van der Waals surface area contributed by atoms with Crippen molar-refractivity contribution >= 4 is 20.9 Å². The highest BCUT2D eigenvalue weighted by Crippen LogP contribution is 2.28. The van der Waals surface area contributed by atoms with Gasteiger partial charge in [-0.15, -0.1) is 0 Å². The maximum absolute atomic E-state index is 12.8. The SMILES string of the molecule is O=S(=O)(c1ccccc1)n1ncc2c(OC[C@@H]3CCCN3)cccc21. The second kappa shape index (κ2) is 6.50. The summed E-state index contributed by atoms with van der Waals surface area (Å²) >= 11 is 0. The van der Waals surface area contributed by atoms with Crippen LogP contribution in [0.1, 0.15) is 12.8 Å². The fourth-order valence-electron chi connectivity index (χ4n) is 3.10. The Morgan fingerprint density at radius 3 is 2.76 bits per heavy atom. The molecule has 130 valence electrons. The molecule has 1 aromatic heterocycles. The minimum absolute atomic E-state index is 0.210. The van der Waals surface area contributed by atoms with Crippen LogP contribution in [0.4, 0.5) is 0 Å². The van der Waals surface area contributed by atoms with E-state index in [1.165, 1.54) is 0 Å². The summed E-state index contributed by atoms with van der Waals surface area (Å²) in [5.41, 5.74) is 0.515. The number of nitrogens with zero attached hydrogens (tertiary/aromatic N) is 2. The largest absolute Gasteiger partial charge is 0.491 e. The molecule has 7 heteroatoms. The van der Waals surface area contributed by atoms with Gasteiger partial charge in [-0.1, -0.05) is 24.3 Å². The Labute approximate surface area is 146 Å². The van der Waals surface area contributed by atoms with E-state index in [2.05, 4.69) is 10.4 Å². The average Bonchev–Trinajstić information content (AvgIpc) is 3.30. The van der Waals surface area contributed by atoms with Gasteiger partial charge < -0.3 is 10.1 Å². The summed E-state index contributed by atoms with van der Waals surface area (Å²) in [4.78, 5) is 0.210. The van der Waals surface area contributed by atoms with Crippen LogP contribution in [-0.4, -0.2) is 36.8 Å². The molecule has 3 aromatic rings. The normalized spacial score (nSPS) is 17.8. The van der Waals surface area contributed by atoms with Gasteiger partial charge in [0.05, 0.1) is 22.0 Å². The van der Waals surface area contributed by atoms with Crippen LogP contribution in [0, 0.1) is 0 Å². The van der Waals surface area contributed by atoms with Gasteiger partial charge in [-0.2, -0.15) is 17.6 Å². The van der Waals surface area contributed by atoms with E-state index in [0.717, 1.165) is 23.5 Å². The molecule has 0 saturated carbocycles. The first-order valence-corrected chi connectivity index (χ1v) is 9.74. The number of hydrogen-bond acceptors (Lipinski definition) is 5. The Balaban J connectivity index is 1.69. The highest BCUT2D eigenvalue weighted by molar-refractivity contribution is 7.90. The number of fused-ring (bicyclic) bond motifs is 1. The standard InChI is InChI=1S/C18H19N3O3S/c22-25(23,15-7-2-1-3-8-15)21-17-9-4-10-18(16(17)12-20-21)24-13-14-6-5-11-19-14/h1-4,7-10,12,14,19H,5-6,11,13H2/t14-/m0/s1. The molecule has 0 radical (unpaired) electrons. The van der Waals surface area contributed by atoms with Gasteiger partial charge in [0.15, 0.2) is 0 Å². The first-order valence-electron chi connectivity index (χ1n) is 8.30. The predicted octanol–water partition coefficient (Wildman–Crippen LogP) is 2.40. The van der Waals surface area contributed by atoms with E-state index in [4.69, 9.17) is 4.74 Å². The molecule has 1 N–H and O–H groups in total. The van der Waals surface area contributed by atoms with Crippen LogP contribution >= 0.6 is 0 Å². The molecule has 1 atom stereocenters. The monoisotopic (exact) mass is 357 g/mol. The molecular formula is C18H19N3O3S. The van der Waals surface area contributed by atoms with Gasteiger partial charge >= 0.3 is 0 Å². The number of rotatable bonds is 5. The molecule has 0 amide bonds. The third-order valence-electron chi connectivity index (χ3n) is 4.41. The Morgan fingerprint density at radius 1 is 1.16 bits per heavy atom. The molecule has 4 rings (SSSR count). The van der Waals surface area contributed by atoms with Gasteiger partial charge in [0, 0.05) is 6.04 Å². The van der Waals surface area contributed by atoms with Gasteiger partial charge in [-0.3, -0.25) is 0 Å². The second-order valence-corrected chi connectivity index (χ2v) is 7.87. The van der Waals surface area contributed by atoms with Crippen molar-refractivity contribution in [3.05, 3.63) is 54.7 Å². The average molecular weight is 357 g/mol. The molecule has 6 nitrogen and oxygen atoms in total. The summed E-state index contributed by atoms with van der Waals surface area (Å²) in [6.07, 6.45) is 3.80. The summed E-state index contributed by atoms with van der Waals surface area (Å²) in [6.45, 7) is 1.58. The van der Waals surface area contributed by atoms with E-state index in [1.807, 2.05) is 6.07 Å². The van der Waals surface area contributed by atoms with Crippen molar-refractivity contribution in [1.29, 1.82) is 0 Å². The van der Waals surface area contributed by atoms with Crippen LogP contribution in [-0.2, 0) is 10.0 Å². The van der Waals surface area contributed by atoms with Crippen LogP contribution in [0.3, 0.4) is 0 Å². The van der Waals surface area contributed by atoms with Gasteiger partial charge in [-0.25, -0.2) is 0 Å². The van der Waals surface area contributed by atoms with E-state index in [1.54, 1.807) is 48.7 Å². The summed E-state index contributed by atoms with van der Waals surface area (Å²) in [6, 6.07) is 14.0. The quantitative estimate of drug-likeness (QED) is 0.759.